The molecule has 0 radical (unpaired) electrons. The van der Waals surface area contributed by atoms with Gasteiger partial charge in [-0.15, -0.1) is 0 Å². The average molecular weight is 505 g/mol. The lowest BCUT2D eigenvalue weighted by atomic mass is 10.1. The minimum atomic E-state index is -3.91. The van der Waals surface area contributed by atoms with Crippen LogP contribution in [0.1, 0.15) is 26.3 Å². The molecule has 2 N–H and O–H groups in total. The lowest BCUT2D eigenvalue weighted by Gasteiger charge is -2.17. The average Bonchev–Trinajstić information content (AvgIpc) is 3.33. The molecule has 180 valence electrons. The Kier molecular flexibility index (Phi) is 6.28. The number of nitrogens with zero attached hydrogens (tertiary/aromatic N) is 5. The minimum Gasteiger partial charge on any atom is -0.477 e. The van der Waals surface area contributed by atoms with E-state index in [4.69, 9.17) is 16.3 Å². The van der Waals surface area contributed by atoms with Crippen molar-refractivity contribution in [3.63, 3.8) is 0 Å². The van der Waals surface area contributed by atoms with Crippen molar-refractivity contribution in [2.45, 2.75) is 44.7 Å². The van der Waals surface area contributed by atoms with E-state index in [2.05, 4.69) is 20.4 Å². The molecule has 3 heterocycles. The molecule has 0 spiro atoms. The van der Waals surface area contributed by atoms with Gasteiger partial charge >= 0.3 is 0 Å². The lowest BCUT2D eigenvalue weighted by molar-refractivity contribution is 0.0578. The number of benzene rings is 1. The van der Waals surface area contributed by atoms with Crippen LogP contribution in [0.25, 0.3) is 11.0 Å². The second kappa shape index (κ2) is 8.90. The van der Waals surface area contributed by atoms with Crippen molar-refractivity contribution < 1.29 is 18.3 Å². The molecule has 4 aromatic rings. The van der Waals surface area contributed by atoms with Gasteiger partial charge in [0.25, 0.3) is 10.0 Å². The summed E-state index contributed by atoms with van der Waals surface area (Å²) in [6.45, 7) is 7.48. The van der Waals surface area contributed by atoms with Crippen LogP contribution in [0.3, 0.4) is 0 Å². The first kappa shape index (κ1) is 24.0. The maximum Gasteiger partial charge on any atom is 0.269 e. The van der Waals surface area contributed by atoms with Crippen molar-refractivity contribution in [1.29, 1.82) is 0 Å². The fourth-order valence-electron chi connectivity index (χ4n) is 3.34. The van der Waals surface area contributed by atoms with Crippen LogP contribution in [-0.4, -0.2) is 49.5 Å². The van der Waals surface area contributed by atoms with Crippen LogP contribution in [0.4, 0.5) is 11.6 Å². The number of fused-ring (bicyclic) bond motifs is 1. The molecule has 3 aromatic heterocycles. The van der Waals surface area contributed by atoms with Gasteiger partial charge < -0.3 is 15.2 Å². The molecule has 1 aromatic carbocycles. The van der Waals surface area contributed by atoms with Crippen LogP contribution in [0, 0.1) is 6.92 Å². The van der Waals surface area contributed by atoms with Gasteiger partial charge in [0.2, 0.25) is 11.8 Å². The summed E-state index contributed by atoms with van der Waals surface area (Å²) >= 11 is 6.41. The minimum absolute atomic E-state index is 0.0831. The van der Waals surface area contributed by atoms with Crippen molar-refractivity contribution >= 4 is 44.3 Å². The predicted octanol–water partition coefficient (Wildman–Crippen LogP) is 3.74. The van der Waals surface area contributed by atoms with Crippen LogP contribution < -0.4 is 10.1 Å². The molecule has 0 fully saturated rings. The van der Waals surface area contributed by atoms with Crippen LogP contribution >= 0.6 is 11.6 Å². The molecule has 12 heteroatoms. The number of aromatic nitrogens is 5. The molecular formula is C22H25ClN6O4S. The highest BCUT2D eigenvalue weighted by Crippen LogP contribution is 2.31. The standard InChI is InChI=1S/C22H25ClN6O4S/c1-5-33-20-16-10-11-29(34(31,32)15-8-6-14(2)7-9-15)19(16)26-21(27-20)25-17-12-24-28(18(17)23)13-22(3,4)30/h6-12,30H,5,13H2,1-4H3,(H,25,26,27). The molecule has 0 atom stereocenters. The highest BCUT2D eigenvalue weighted by molar-refractivity contribution is 7.90. The number of anilines is 2. The molecule has 0 amide bonds. The summed E-state index contributed by atoms with van der Waals surface area (Å²) in [5.74, 6) is 0.313. The number of aliphatic hydroxyl groups is 1. The largest absolute Gasteiger partial charge is 0.477 e. The molecule has 34 heavy (non-hydrogen) atoms. The third kappa shape index (κ3) is 4.72. The van der Waals surface area contributed by atoms with E-state index in [0.717, 1.165) is 9.54 Å². The van der Waals surface area contributed by atoms with Crippen molar-refractivity contribution in [2.24, 2.45) is 0 Å². The number of hydrogen-bond acceptors (Lipinski definition) is 8. The van der Waals surface area contributed by atoms with E-state index in [-0.39, 0.29) is 34.1 Å². The molecule has 0 unspecified atom stereocenters. The topological polar surface area (TPSA) is 124 Å². The van der Waals surface area contributed by atoms with E-state index in [1.54, 1.807) is 51.1 Å². The highest BCUT2D eigenvalue weighted by atomic mass is 35.5. The van der Waals surface area contributed by atoms with Crippen molar-refractivity contribution in [3.05, 3.63) is 53.4 Å². The zero-order chi connectivity index (χ0) is 24.7. The fourth-order valence-corrected chi connectivity index (χ4v) is 4.83. The Morgan fingerprint density at radius 3 is 2.53 bits per heavy atom. The number of rotatable bonds is 8. The van der Waals surface area contributed by atoms with E-state index >= 15 is 0 Å². The Morgan fingerprint density at radius 2 is 1.88 bits per heavy atom. The van der Waals surface area contributed by atoms with Gasteiger partial charge in [0, 0.05) is 6.20 Å². The molecule has 0 aliphatic carbocycles. The van der Waals surface area contributed by atoms with E-state index < -0.39 is 15.6 Å². The molecule has 0 aliphatic rings. The number of halogens is 1. The second-order valence-electron chi connectivity index (χ2n) is 8.40. The van der Waals surface area contributed by atoms with E-state index in [1.807, 2.05) is 6.92 Å². The van der Waals surface area contributed by atoms with Crippen LogP contribution in [-0.2, 0) is 16.6 Å². The second-order valence-corrected chi connectivity index (χ2v) is 10.6. The number of nitrogens with one attached hydrogen (secondary N) is 1. The van der Waals surface area contributed by atoms with Gasteiger partial charge in [-0.05, 0) is 45.9 Å². The van der Waals surface area contributed by atoms with Gasteiger partial charge in [0.1, 0.15) is 0 Å². The Morgan fingerprint density at radius 1 is 1.18 bits per heavy atom. The summed E-state index contributed by atoms with van der Waals surface area (Å²) in [5, 5.41) is 17.9. The predicted molar refractivity (Wildman–Crippen MR) is 129 cm³/mol. The van der Waals surface area contributed by atoms with Gasteiger partial charge in [-0.1, -0.05) is 29.3 Å². The quantitative estimate of drug-likeness (QED) is 0.372. The van der Waals surface area contributed by atoms with E-state index in [0.29, 0.717) is 17.7 Å². The van der Waals surface area contributed by atoms with Gasteiger partial charge in [0.15, 0.2) is 10.8 Å². The first-order chi connectivity index (χ1) is 16.0. The fraction of sp³-hybridized carbons (Fsp3) is 0.318. The normalized spacial score (nSPS) is 12.3. The Labute approximate surface area is 202 Å². The van der Waals surface area contributed by atoms with Crippen LogP contribution in [0.15, 0.2) is 47.6 Å². The summed E-state index contributed by atoms with van der Waals surface area (Å²) in [6.07, 6.45) is 2.90. The smallest absolute Gasteiger partial charge is 0.269 e. The third-order valence-corrected chi connectivity index (χ3v) is 6.97. The number of aryl methyl sites for hydroxylation is 1. The molecule has 4 rings (SSSR count). The molecular weight excluding hydrogens is 480 g/mol. The zero-order valence-corrected chi connectivity index (χ0v) is 20.7. The van der Waals surface area contributed by atoms with Gasteiger partial charge in [-0.25, -0.2) is 17.1 Å². The van der Waals surface area contributed by atoms with Crippen LogP contribution in [0.2, 0.25) is 5.15 Å². The summed E-state index contributed by atoms with van der Waals surface area (Å²) in [7, 11) is -3.91. The molecule has 0 saturated heterocycles. The maximum atomic E-state index is 13.3. The maximum absolute atomic E-state index is 13.3. The third-order valence-electron chi connectivity index (χ3n) is 4.89. The summed E-state index contributed by atoms with van der Waals surface area (Å²) in [5.41, 5.74) is 0.481. The SMILES string of the molecule is CCOc1nc(Nc2cnn(CC(C)(C)O)c2Cl)nc2c1ccn2S(=O)(=O)c1ccc(C)cc1. The Hall–Kier alpha value is -3.15. The molecule has 0 saturated carbocycles. The van der Waals surface area contributed by atoms with Crippen molar-refractivity contribution in [2.75, 3.05) is 11.9 Å². The monoisotopic (exact) mass is 504 g/mol. The van der Waals surface area contributed by atoms with Gasteiger partial charge in [0.05, 0.1) is 40.9 Å². The van der Waals surface area contributed by atoms with Crippen molar-refractivity contribution in [1.82, 2.24) is 23.7 Å². The number of hydrogen-bond donors (Lipinski definition) is 2. The van der Waals surface area contributed by atoms with E-state index in [9.17, 15) is 13.5 Å². The highest BCUT2D eigenvalue weighted by Gasteiger charge is 2.23. The van der Waals surface area contributed by atoms with Gasteiger partial charge in [-0.3, -0.25) is 0 Å². The number of ether oxygens (including phenoxy) is 1. The first-order valence-electron chi connectivity index (χ1n) is 10.5. The summed E-state index contributed by atoms with van der Waals surface area (Å²) in [4.78, 5) is 8.97. The zero-order valence-electron chi connectivity index (χ0n) is 19.1. The first-order valence-corrected chi connectivity index (χ1v) is 12.4. The summed E-state index contributed by atoms with van der Waals surface area (Å²) < 4.78 is 34.9. The molecule has 0 aliphatic heterocycles. The van der Waals surface area contributed by atoms with Gasteiger partial charge in [-0.2, -0.15) is 15.1 Å². The molecule has 10 nitrogen and oxygen atoms in total. The lowest BCUT2D eigenvalue weighted by Crippen LogP contribution is -2.26. The van der Waals surface area contributed by atoms with Crippen LogP contribution in [0.5, 0.6) is 5.88 Å². The molecule has 0 bridgehead atoms. The Balaban J connectivity index is 1.78. The Bertz CT molecular complexity index is 1440. The van der Waals surface area contributed by atoms with E-state index in [1.165, 1.54) is 17.1 Å². The summed E-state index contributed by atoms with van der Waals surface area (Å²) in [6, 6.07) is 8.18. The van der Waals surface area contributed by atoms with Crippen molar-refractivity contribution in [3.8, 4) is 5.88 Å².